The summed E-state index contributed by atoms with van der Waals surface area (Å²) in [7, 11) is 3.76. The molecule has 0 saturated heterocycles. The monoisotopic (exact) mass is 170 g/mol. The van der Waals surface area contributed by atoms with Gasteiger partial charge in [0.15, 0.2) is 0 Å². The average Bonchev–Trinajstić information content (AvgIpc) is 2.17. The number of hydrogen-bond donors (Lipinski definition) is 3. The zero-order valence-corrected chi connectivity index (χ0v) is 7.80. The van der Waals surface area contributed by atoms with Gasteiger partial charge >= 0.3 is 0 Å². The van der Waals surface area contributed by atoms with Crippen LogP contribution in [0.5, 0.6) is 0 Å². The maximum Gasteiger partial charge on any atom is 0.126 e. The van der Waals surface area contributed by atoms with E-state index in [1.807, 2.05) is 7.05 Å². The van der Waals surface area contributed by atoms with Gasteiger partial charge in [-0.3, -0.25) is 5.32 Å². The van der Waals surface area contributed by atoms with Crippen LogP contribution in [0, 0.1) is 0 Å². The topological polar surface area (TPSA) is 44.3 Å². The summed E-state index contributed by atoms with van der Waals surface area (Å²) in [5.74, 6) is 0. The molecule has 1 aliphatic carbocycles. The third-order valence-corrected chi connectivity index (χ3v) is 2.48. The van der Waals surface area contributed by atoms with Crippen molar-refractivity contribution in [2.45, 2.75) is 31.5 Å². The van der Waals surface area contributed by atoms with Gasteiger partial charge in [0.05, 0.1) is 0 Å². The predicted octanol–water partition coefficient (Wildman–Crippen LogP) is 0.222. The van der Waals surface area contributed by atoms with Gasteiger partial charge in [-0.25, -0.2) is 0 Å². The standard InChI is InChI=1S/C9H18N2O/c1-10-8-5-3-7(4-6-8)9(12)11-2/h3,8-12H,4-6H2,1-2H3/t8?,9-/m1/s1. The highest BCUT2D eigenvalue weighted by Crippen LogP contribution is 2.19. The van der Waals surface area contributed by atoms with Crippen molar-refractivity contribution < 1.29 is 5.11 Å². The lowest BCUT2D eigenvalue weighted by atomic mass is 9.94. The van der Waals surface area contributed by atoms with Gasteiger partial charge in [0, 0.05) is 6.04 Å². The highest BCUT2D eigenvalue weighted by molar-refractivity contribution is 5.11. The third kappa shape index (κ3) is 2.30. The molecule has 0 aromatic carbocycles. The second-order valence-electron chi connectivity index (χ2n) is 3.23. The van der Waals surface area contributed by atoms with Crippen molar-refractivity contribution in [2.24, 2.45) is 0 Å². The molecule has 0 bridgehead atoms. The molecule has 0 heterocycles. The average molecular weight is 170 g/mol. The van der Waals surface area contributed by atoms with Gasteiger partial charge < -0.3 is 10.4 Å². The number of rotatable bonds is 3. The Balaban J connectivity index is 2.44. The Hall–Kier alpha value is -0.380. The second kappa shape index (κ2) is 4.60. The van der Waals surface area contributed by atoms with Gasteiger partial charge in [0.2, 0.25) is 0 Å². The minimum absolute atomic E-state index is 0.442. The van der Waals surface area contributed by atoms with E-state index in [9.17, 15) is 5.11 Å². The smallest absolute Gasteiger partial charge is 0.126 e. The summed E-state index contributed by atoms with van der Waals surface area (Å²) in [4.78, 5) is 0. The molecular weight excluding hydrogens is 152 g/mol. The van der Waals surface area contributed by atoms with E-state index in [0.29, 0.717) is 6.04 Å². The summed E-state index contributed by atoms with van der Waals surface area (Å²) in [5, 5.41) is 15.5. The second-order valence-corrected chi connectivity index (χ2v) is 3.23. The Morgan fingerprint density at radius 3 is 2.75 bits per heavy atom. The van der Waals surface area contributed by atoms with Crippen LogP contribution >= 0.6 is 0 Å². The van der Waals surface area contributed by atoms with Crippen molar-refractivity contribution >= 4 is 0 Å². The van der Waals surface area contributed by atoms with Gasteiger partial charge in [-0.05, 0) is 38.9 Å². The van der Waals surface area contributed by atoms with E-state index >= 15 is 0 Å². The fourth-order valence-corrected chi connectivity index (χ4v) is 1.55. The zero-order valence-electron chi connectivity index (χ0n) is 7.80. The molecule has 1 aliphatic rings. The lowest BCUT2D eigenvalue weighted by Gasteiger charge is -2.23. The van der Waals surface area contributed by atoms with Crippen molar-refractivity contribution in [2.75, 3.05) is 14.1 Å². The van der Waals surface area contributed by atoms with Gasteiger partial charge in [0.1, 0.15) is 6.23 Å². The Bertz CT molecular complexity index is 168. The van der Waals surface area contributed by atoms with Crippen LogP contribution in [0.1, 0.15) is 19.3 Å². The van der Waals surface area contributed by atoms with E-state index in [-0.39, 0.29) is 0 Å². The molecule has 0 amide bonds. The molecule has 1 unspecified atom stereocenters. The summed E-state index contributed by atoms with van der Waals surface area (Å²) in [5.41, 5.74) is 1.13. The molecule has 0 radical (unpaired) electrons. The molecule has 70 valence electrons. The van der Waals surface area contributed by atoms with Crippen LogP contribution in [-0.4, -0.2) is 31.5 Å². The molecule has 12 heavy (non-hydrogen) atoms. The predicted molar refractivity (Wildman–Crippen MR) is 49.8 cm³/mol. The first-order chi connectivity index (χ1) is 5.77. The molecule has 2 atom stereocenters. The number of likely N-dealkylation sites (N-methyl/N-ethyl adjacent to an activating group) is 1. The summed E-state index contributed by atoms with van der Waals surface area (Å²) in [6.45, 7) is 0. The van der Waals surface area contributed by atoms with Gasteiger partial charge in [-0.15, -0.1) is 0 Å². The van der Waals surface area contributed by atoms with Crippen LogP contribution in [0.4, 0.5) is 0 Å². The molecule has 0 spiro atoms. The van der Waals surface area contributed by atoms with Gasteiger partial charge in [-0.2, -0.15) is 0 Å². The van der Waals surface area contributed by atoms with Crippen molar-refractivity contribution in [1.29, 1.82) is 0 Å². The molecule has 0 saturated carbocycles. The molecule has 3 N–H and O–H groups in total. The maximum absolute atomic E-state index is 9.44. The number of hydrogen-bond acceptors (Lipinski definition) is 3. The van der Waals surface area contributed by atoms with E-state index < -0.39 is 6.23 Å². The molecular formula is C9H18N2O. The largest absolute Gasteiger partial charge is 0.375 e. The summed E-state index contributed by atoms with van der Waals surface area (Å²) < 4.78 is 0. The number of aliphatic hydroxyl groups excluding tert-OH is 1. The van der Waals surface area contributed by atoms with Crippen LogP contribution in [0.3, 0.4) is 0 Å². The Morgan fingerprint density at radius 1 is 1.58 bits per heavy atom. The Morgan fingerprint density at radius 2 is 2.33 bits per heavy atom. The molecule has 3 nitrogen and oxygen atoms in total. The maximum atomic E-state index is 9.44. The molecule has 0 fully saturated rings. The highest BCUT2D eigenvalue weighted by Gasteiger charge is 2.16. The van der Waals surface area contributed by atoms with Crippen LogP contribution in [0.2, 0.25) is 0 Å². The van der Waals surface area contributed by atoms with Gasteiger partial charge in [0.25, 0.3) is 0 Å². The van der Waals surface area contributed by atoms with Crippen LogP contribution in [0.15, 0.2) is 11.6 Å². The minimum atomic E-state index is -0.442. The fraction of sp³-hybridized carbons (Fsp3) is 0.778. The van der Waals surface area contributed by atoms with E-state index in [0.717, 1.165) is 24.8 Å². The van der Waals surface area contributed by atoms with Crippen LogP contribution < -0.4 is 10.6 Å². The minimum Gasteiger partial charge on any atom is -0.375 e. The van der Waals surface area contributed by atoms with Crippen molar-refractivity contribution in [3.63, 3.8) is 0 Å². The van der Waals surface area contributed by atoms with E-state index in [2.05, 4.69) is 16.7 Å². The SMILES string of the molecule is CNC1CC=C([C@@H](O)NC)CC1. The third-order valence-electron chi connectivity index (χ3n) is 2.48. The van der Waals surface area contributed by atoms with Crippen LogP contribution in [0.25, 0.3) is 0 Å². The fourth-order valence-electron chi connectivity index (χ4n) is 1.55. The quantitative estimate of drug-likeness (QED) is 0.419. The lowest BCUT2D eigenvalue weighted by molar-refractivity contribution is 0.175. The van der Waals surface area contributed by atoms with Crippen molar-refractivity contribution in [3.8, 4) is 0 Å². The van der Waals surface area contributed by atoms with E-state index in [4.69, 9.17) is 0 Å². The molecule has 1 rings (SSSR count). The summed E-state index contributed by atoms with van der Waals surface area (Å²) in [6.07, 6.45) is 4.84. The first-order valence-electron chi connectivity index (χ1n) is 4.49. The summed E-state index contributed by atoms with van der Waals surface area (Å²) >= 11 is 0. The number of nitrogens with one attached hydrogen (secondary N) is 2. The Kier molecular flexibility index (Phi) is 3.72. The molecule has 0 aliphatic heterocycles. The summed E-state index contributed by atoms with van der Waals surface area (Å²) in [6, 6.07) is 0.595. The van der Waals surface area contributed by atoms with Gasteiger partial charge in [-0.1, -0.05) is 6.08 Å². The first-order valence-corrected chi connectivity index (χ1v) is 4.49. The number of aliphatic hydroxyl groups is 1. The van der Waals surface area contributed by atoms with E-state index in [1.54, 1.807) is 7.05 Å². The van der Waals surface area contributed by atoms with E-state index in [1.165, 1.54) is 0 Å². The molecule has 0 aromatic rings. The Labute approximate surface area is 73.9 Å². The van der Waals surface area contributed by atoms with Crippen molar-refractivity contribution in [3.05, 3.63) is 11.6 Å². The highest BCUT2D eigenvalue weighted by atomic mass is 16.3. The van der Waals surface area contributed by atoms with Crippen LogP contribution in [-0.2, 0) is 0 Å². The molecule has 3 heteroatoms. The zero-order chi connectivity index (χ0) is 8.97. The molecule has 0 aromatic heterocycles. The lowest BCUT2D eigenvalue weighted by Crippen LogP contribution is -2.32. The normalized spacial score (nSPS) is 26.6. The van der Waals surface area contributed by atoms with Crippen molar-refractivity contribution in [1.82, 2.24) is 10.6 Å². The first kappa shape index (κ1) is 9.71.